The molecule has 0 aliphatic carbocycles. The molecule has 7 rings (SSSR count). The van der Waals surface area contributed by atoms with Crippen LogP contribution in [0.2, 0.25) is 0 Å². The van der Waals surface area contributed by atoms with E-state index < -0.39 is 5.89 Å². The van der Waals surface area contributed by atoms with Crippen LogP contribution in [0.25, 0.3) is 56.2 Å². The second kappa shape index (κ2) is 14.0. The van der Waals surface area contributed by atoms with Crippen LogP contribution in [-0.2, 0) is 20.1 Å². The molecule has 3 heterocycles. The van der Waals surface area contributed by atoms with Gasteiger partial charge in [-0.3, -0.25) is 4.98 Å². The molecular formula is C38H29IrN3O-2. The van der Waals surface area contributed by atoms with Gasteiger partial charge < -0.3 is 14.4 Å². The number of hydrogen-bond acceptors (Lipinski definition) is 4. The van der Waals surface area contributed by atoms with Gasteiger partial charge in [-0.25, -0.2) is 0 Å². The first-order chi connectivity index (χ1) is 21.0. The molecule has 43 heavy (non-hydrogen) atoms. The molecule has 0 fully saturated rings. The summed E-state index contributed by atoms with van der Waals surface area (Å²) in [5.74, 6) is -0.147. The van der Waals surface area contributed by atoms with Gasteiger partial charge >= 0.3 is 0 Å². The van der Waals surface area contributed by atoms with E-state index in [1.165, 1.54) is 0 Å². The van der Waals surface area contributed by atoms with Gasteiger partial charge in [-0.2, -0.15) is 0 Å². The largest absolute Gasteiger partial charge is 0.457 e. The number of aromatic nitrogens is 3. The van der Waals surface area contributed by atoms with E-state index in [0.717, 1.165) is 50.3 Å². The molecule has 0 bridgehead atoms. The van der Waals surface area contributed by atoms with Crippen LogP contribution >= 0.6 is 0 Å². The van der Waals surface area contributed by atoms with Crippen molar-refractivity contribution in [3.63, 3.8) is 0 Å². The van der Waals surface area contributed by atoms with Crippen LogP contribution in [0.15, 0.2) is 138 Å². The van der Waals surface area contributed by atoms with E-state index >= 15 is 0 Å². The van der Waals surface area contributed by atoms with Crippen molar-refractivity contribution in [3.05, 3.63) is 151 Å². The maximum atomic E-state index is 8.37. The van der Waals surface area contributed by atoms with Gasteiger partial charge in [-0.05, 0) is 47.1 Å². The molecule has 0 saturated carbocycles. The SMILES string of the molecule is [2H]C(C)(C)c1ccnc(-c2[c-]c3oc(-c4ccccc4)nc3c(-c3ccccc3)c2)c1.[Ir].[c-]1ccccc1-c1ccccn1. The fraction of sp³-hybridized carbons (Fsp3) is 0.0789. The Morgan fingerprint density at radius 3 is 2.07 bits per heavy atom. The summed E-state index contributed by atoms with van der Waals surface area (Å²) >= 11 is 0. The second-order valence-corrected chi connectivity index (χ2v) is 9.95. The van der Waals surface area contributed by atoms with Gasteiger partial charge in [0.2, 0.25) is 5.89 Å². The normalized spacial score (nSPS) is 11.2. The average molecular weight is 737 g/mol. The third-order valence-corrected chi connectivity index (χ3v) is 6.79. The molecule has 0 N–H and O–H groups in total. The zero-order chi connectivity index (χ0) is 29.6. The Morgan fingerprint density at radius 2 is 1.40 bits per heavy atom. The fourth-order valence-electron chi connectivity index (χ4n) is 4.60. The van der Waals surface area contributed by atoms with Crippen LogP contribution in [-0.4, -0.2) is 15.0 Å². The van der Waals surface area contributed by atoms with Gasteiger partial charge in [0.05, 0.1) is 5.58 Å². The third kappa shape index (κ3) is 7.03. The van der Waals surface area contributed by atoms with Crippen molar-refractivity contribution in [2.45, 2.75) is 19.7 Å². The molecule has 4 aromatic carbocycles. The smallest absolute Gasteiger partial charge is 0.215 e. The topological polar surface area (TPSA) is 51.8 Å². The van der Waals surface area contributed by atoms with E-state index in [0.29, 0.717) is 11.5 Å². The molecule has 1 radical (unpaired) electrons. The van der Waals surface area contributed by atoms with Crippen LogP contribution in [0.4, 0.5) is 0 Å². The summed E-state index contributed by atoms with van der Waals surface area (Å²) in [5.41, 5.74) is 8.77. The molecule has 0 aliphatic heterocycles. The van der Waals surface area contributed by atoms with Gasteiger partial charge in [-0.1, -0.05) is 97.8 Å². The summed E-state index contributed by atoms with van der Waals surface area (Å²) in [7, 11) is 0. The van der Waals surface area contributed by atoms with Gasteiger partial charge in [0.1, 0.15) is 0 Å². The number of rotatable bonds is 5. The maximum absolute atomic E-state index is 8.37. The van der Waals surface area contributed by atoms with Crippen molar-refractivity contribution >= 4 is 11.1 Å². The van der Waals surface area contributed by atoms with Gasteiger partial charge in [-0.15, -0.1) is 47.5 Å². The standard InChI is InChI=1S/C27H21N2O.C11H8N.Ir/c1-18(2)21-13-14-28-24(16-21)22-15-23(19-9-5-3-6-10-19)26-25(17-22)30-27(29-26)20-11-7-4-8-12-20;1-2-6-10(7-3-1)11-8-4-5-9-12-11;/h3-16,18H,1-2H3;1-6,8-9H;/q2*-1;/i18D;;. The Kier molecular flexibility index (Phi) is 9.24. The van der Waals surface area contributed by atoms with Crippen LogP contribution in [0.5, 0.6) is 0 Å². The summed E-state index contributed by atoms with van der Waals surface area (Å²) in [5, 5.41) is 0. The van der Waals surface area contributed by atoms with E-state index in [2.05, 4.69) is 40.3 Å². The average Bonchev–Trinajstić information content (AvgIpc) is 3.51. The summed E-state index contributed by atoms with van der Waals surface area (Å²) in [4.78, 5) is 13.6. The molecule has 0 saturated heterocycles. The van der Waals surface area contributed by atoms with Gasteiger partial charge in [0, 0.05) is 44.9 Å². The molecule has 0 unspecified atom stereocenters. The number of hydrogen-bond donors (Lipinski definition) is 0. The number of benzene rings is 4. The Labute approximate surface area is 267 Å². The Bertz CT molecular complexity index is 1900. The molecule has 7 aromatic rings. The van der Waals surface area contributed by atoms with Crippen molar-refractivity contribution in [1.29, 1.82) is 0 Å². The molecule has 5 heteroatoms. The molecule has 4 nitrogen and oxygen atoms in total. The summed E-state index contributed by atoms with van der Waals surface area (Å²) < 4.78 is 14.5. The molecule has 0 atom stereocenters. The third-order valence-electron chi connectivity index (χ3n) is 6.79. The van der Waals surface area contributed by atoms with Crippen molar-refractivity contribution in [2.75, 3.05) is 0 Å². The van der Waals surface area contributed by atoms with Crippen LogP contribution in [0.3, 0.4) is 0 Å². The monoisotopic (exact) mass is 737 g/mol. The van der Waals surface area contributed by atoms with E-state index in [1.54, 1.807) is 12.4 Å². The summed E-state index contributed by atoms with van der Waals surface area (Å²) in [6.07, 6.45) is 3.53. The quantitative estimate of drug-likeness (QED) is 0.165. The van der Waals surface area contributed by atoms with Crippen molar-refractivity contribution in [2.24, 2.45) is 0 Å². The molecule has 213 valence electrons. The Hall–Kier alpha value is -4.70. The minimum absolute atomic E-state index is 0. The minimum Gasteiger partial charge on any atom is -0.457 e. The Balaban J connectivity index is 0.000000248. The predicted molar refractivity (Wildman–Crippen MR) is 170 cm³/mol. The first-order valence-electron chi connectivity index (χ1n) is 14.3. The molecule has 0 amide bonds. The number of nitrogens with zero attached hydrogens (tertiary/aromatic N) is 3. The second-order valence-electron chi connectivity index (χ2n) is 9.95. The van der Waals surface area contributed by atoms with E-state index in [9.17, 15) is 0 Å². The van der Waals surface area contributed by atoms with Crippen molar-refractivity contribution in [1.82, 2.24) is 15.0 Å². The first kappa shape index (κ1) is 28.4. The summed E-state index contributed by atoms with van der Waals surface area (Å²) in [6, 6.07) is 46.1. The summed E-state index contributed by atoms with van der Waals surface area (Å²) in [6.45, 7) is 3.74. The first-order valence-corrected chi connectivity index (χ1v) is 13.8. The Morgan fingerprint density at radius 1 is 0.698 bits per heavy atom. The van der Waals surface area contributed by atoms with E-state index in [1.807, 2.05) is 117 Å². The predicted octanol–water partition coefficient (Wildman–Crippen LogP) is 9.69. The maximum Gasteiger partial charge on any atom is 0.215 e. The van der Waals surface area contributed by atoms with E-state index in [4.69, 9.17) is 10.8 Å². The molecular weight excluding hydrogens is 707 g/mol. The zero-order valence-corrected chi connectivity index (χ0v) is 26.2. The van der Waals surface area contributed by atoms with Gasteiger partial charge in [0.25, 0.3) is 0 Å². The molecule has 0 aliphatic rings. The number of oxazole rings is 1. The molecule has 3 aromatic heterocycles. The van der Waals surface area contributed by atoms with Crippen molar-refractivity contribution in [3.8, 4) is 45.1 Å². The van der Waals surface area contributed by atoms with Crippen LogP contribution in [0.1, 0.15) is 26.7 Å². The zero-order valence-electron chi connectivity index (χ0n) is 24.8. The number of pyridine rings is 2. The van der Waals surface area contributed by atoms with Gasteiger partial charge in [0.15, 0.2) is 0 Å². The van der Waals surface area contributed by atoms with Crippen molar-refractivity contribution < 1.29 is 25.9 Å². The van der Waals surface area contributed by atoms with Crippen LogP contribution in [0, 0.1) is 12.1 Å². The fourth-order valence-corrected chi connectivity index (χ4v) is 4.60. The van der Waals surface area contributed by atoms with E-state index in [-0.39, 0.29) is 20.1 Å². The molecule has 0 spiro atoms. The van der Waals surface area contributed by atoms with Crippen LogP contribution < -0.4 is 0 Å². The number of fused-ring (bicyclic) bond motifs is 1. The minimum atomic E-state index is -0.712.